The van der Waals surface area contributed by atoms with E-state index in [1.54, 1.807) is 0 Å². The first-order chi connectivity index (χ1) is 9.28. The van der Waals surface area contributed by atoms with Crippen LogP contribution in [0.1, 0.15) is 44.0 Å². The molecule has 0 saturated carbocycles. The monoisotopic (exact) mass is 261 g/mol. The molecule has 0 aliphatic carbocycles. The molecule has 1 saturated heterocycles. The van der Waals surface area contributed by atoms with Crippen LogP contribution in [0.4, 0.5) is 0 Å². The zero-order valence-corrected chi connectivity index (χ0v) is 12.4. The van der Waals surface area contributed by atoms with Crippen LogP contribution < -0.4 is 5.32 Å². The number of nitrogens with one attached hydrogen (secondary N) is 1. The molecule has 1 aromatic rings. The van der Waals surface area contributed by atoms with Crippen LogP contribution in [0.25, 0.3) is 0 Å². The lowest BCUT2D eigenvalue weighted by Gasteiger charge is -2.19. The molecule has 3 nitrogen and oxygen atoms in total. The molecule has 3 heteroatoms. The molecule has 1 N–H and O–H groups in total. The summed E-state index contributed by atoms with van der Waals surface area (Å²) in [6, 6.07) is 6.91. The van der Waals surface area contributed by atoms with Crippen LogP contribution in [0.5, 0.6) is 0 Å². The largest absolute Gasteiger partial charge is 0.308 e. The van der Waals surface area contributed by atoms with Gasteiger partial charge in [-0.05, 0) is 64.4 Å². The SMILES string of the molecule is CCCN1CCCC(NCc2cccc(C)n2)CC1. The van der Waals surface area contributed by atoms with Crippen LogP contribution >= 0.6 is 0 Å². The molecule has 1 unspecified atom stereocenters. The molecule has 2 rings (SSSR count). The van der Waals surface area contributed by atoms with E-state index < -0.39 is 0 Å². The molecule has 0 bridgehead atoms. The van der Waals surface area contributed by atoms with Gasteiger partial charge in [-0.25, -0.2) is 0 Å². The Kier molecular flexibility index (Phi) is 5.80. The molecule has 19 heavy (non-hydrogen) atoms. The highest BCUT2D eigenvalue weighted by molar-refractivity contribution is 5.09. The summed E-state index contributed by atoms with van der Waals surface area (Å²) < 4.78 is 0. The second-order valence-electron chi connectivity index (χ2n) is 5.62. The summed E-state index contributed by atoms with van der Waals surface area (Å²) in [7, 11) is 0. The van der Waals surface area contributed by atoms with Gasteiger partial charge in [-0.15, -0.1) is 0 Å². The predicted molar refractivity (Wildman–Crippen MR) is 80.2 cm³/mol. The van der Waals surface area contributed by atoms with Gasteiger partial charge < -0.3 is 10.2 Å². The van der Waals surface area contributed by atoms with Crippen LogP contribution in [0, 0.1) is 6.92 Å². The van der Waals surface area contributed by atoms with Crippen molar-refractivity contribution in [1.29, 1.82) is 0 Å². The average molecular weight is 261 g/mol. The summed E-state index contributed by atoms with van der Waals surface area (Å²) in [6.45, 7) is 9.00. The molecule has 1 fully saturated rings. The van der Waals surface area contributed by atoms with Gasteiger partial charge in [-0.2, -0.15) is 0 Å². The minimum absolute atomic E-state index is 0.657. The van der Waals surface area contributed by atoms with E-state index in [1.165, 1.54) is 45.3 Å². The van der Waals surface area contributed by atoms with Gasteiger partial charge in [0.1, 0.15) is 0 Å². The number of aromatic nitrogens is 1. The first kappa shape index (κ1) is 14.5. The Labute approximate surface area is 117 Å². The van der Waals surface area contributed by atoms with Crippen molar-refractivity contribution in [2.45, 2.75) is 52.1 Å². The van der Waals surface area contributed by atoms with E-state index in [4.69, 9.17) is 0 Å². The van der Waals surface area contributed by atoms with E-state index in [-0.39, 0.29) is 0 Å². The topological polar surface area (TPSA) is 28.2 Å². The van der Waals surface area contributed by atoms with Crippen LogP contribution in [-0.2, 0) is 6.54 Å². The molecule has 2 heterocycles. The number of pyridine rings is 1. The smallest absolute Gasteiger partial charge is 0.0544 e. The first-order valence-electron chi connectivity index (χ1n) is 7.66. The summed E-state index contributed by atoms with van der Waals surface area (Å²) in [4.78, 5) is 7.16. The third-order valence-corrected chi connectivity index (χ3v) is 3.88. The number of hydrogen-bond donors (Lipinski definition) is 1. The number of likely N-dealkylation sites (tertiary alicyclic amines) is 1. The molecular weight excluding hydrogens is 234 g/mol. The van der Waals surface area contributed by atoms with Gasteiger partial charge in [-0.3, -0.25) is 4.98 Å². The highest BCUT2D eigenvalue weighted by Crippen LogP contribution is 2.12. The second kappa shape index (κ2) is 7.61. The fourth-order valence-electron chi connectivity index (χ4n) is 2.85. The summed E-state index contributed by atoms with van der Waals surface area (Å²) >= 11 is 0. The van der Waals surface area contributed by atoms with Crippen molar-refractivity contribution in [3.05, 3.63) is 29.6 Å². The Balaban J connectivity index is 1.77. The molecular formula is C16H27N3. The van der Waals surface area contributed by atoms with Gasteiger partial charge >= 0.3 is 0 Å². The molecule has 0 amide bonds. The Morgan fingerprint density at radius 2 is 2.21 bits per heavy atom. The molecule has 0 radical (unpaired) electrons. The maximum absolute atomic E-state index is 4.55. The van der Waals surface area contributed by atoms with E-state index in [0.29, 0.717) is 6.04 Å². The highest BCUT2D eigenvalue weighted by Gasteiger charge is 2.15. The Hall–Kier alpha value is -0.930. The summed E-state index contributed by atoms with van der Waals surface area (Å²) in [5, 5.41) is 3.68. The van der Waals surface area contributed by atoms with E-state index >= 15 is 0 Å². The fourth-order valence-corrected chi connectivity index (χ4v) is 2.85. The van der Waals surface area contributed by atoms with Crippen LogP contribution in [0.15, 0.2) is 18.2 Å². The zero-order valence-electron chi connectivity index (χ0n) is 12.4. The van der Waals surface area contributed by atoms with Gasteiger partial charge in [0.05, 0.1) is 5.69 Å². The number of nitrogens with zero attached hydrogens (tertiary/aromatic N) is 2. The van der Waals surface area contributed by atoms with Crippen LogP contribution in [0.3, 0.4) is 0 Å². The maximum Gasteiger partial charge on any atom is 0.0544 e. The Morgan fingerprint density at radius 3 is 3.00 bits per heavy atom. The normalized spacial score (nSPS) is 21.3. The Bertz CT molecular complexity index is 378. The van der Waals surface area contributed by atoms with Crippen molar-refractivity contribution in [3.8, 4) is 0 Å². The zero-order chi connectivity index (χ0) is 13.5. The van der Waals surface area contributed by atoms with Gasteiger partial charge in [0.25, 0.3) is 0 Å². The summed E-state index contributed by atoms with van der Waals surface area (Å²) in [5.74, 6) is 0. The van der Waals surface area contributed by atoms with Gasteiger partial charge in [-0.1, -0.05) is 13.0 Å². The number of hydrogen-bond acceptors (Lipinski definition) is 3. The predicted octanol–water partition coefficient (Wildman–Crippen LogP) is 2.74. The van der Waals surface area contributed by atoms with Gasteiger partial charge in [0.15, 0.2) is 0 Å². The standard InChI is InChI=1S/C16H27N3/c1-3-10-19-11-5-8-15(9-12-19)17-13-16-7-4-6-14(2)18-16/h4,6-7,15,17H,3,5,8-13H2,1-2H3. The van der Waals surface area contributed by atoms with Crippen LogP contribution in [-0.4, -0.2) is 35.6 Å². The van der Waals surface area contributed by atoms with Gasteiger partial charge in [0, 0.05) is 18.3 Å². The minimum atomic E-state index is 0.657. The average Bonchev–Trinajstić information content (AvgIpc) is 2.63. The molecule has 0 spiro atoms. The van der Waals surface area contributed by atoms with Crippen molar-refractivity contribution in [1.82, 2.24) is 15.2 Å². The maximum atomic E-state index is 4.55. The molecule has 1 aliphatic rings. The fraction of sp³-hybridized carbons (Fsp3) is 0.688. The van der Waals surface area contributed by atoms with Crippen molar-refractivity contribution >= 4 is 0 Å². The Morgan fingerprint density at radius 1 is 1.32 bits per heavy atom. The lowest BCUT2D eigenvalue weighted by atomic mass is 10.1. The van der Waals surface area contributed by atoms with Crippen molar-refractivity contribution in [2.24, 2.45) is 0 Å². The van der Waals surface area contributed by atoms with E-state index in [2.05, 4.69) is 47.2 Å². The van der Waals surface area contributed by atoms with Crippen molar-refractivity contribution < 1.29 is 0 Å². The number of aryl methyl sites for hydroxylation is 1. The lowest BCUT2D eigenvalue weighted by molar-refractivity contribution is 0.282. The van der Waals surface area contributed by atoms with Gasteiger partial charge in [0.2, 0.25) is 0 Å². The van der Waals surface area contributed by atoms with Crippen LogP contribution in [0.2, 0.25) is 0 Å². The van der Waals surface area contributed by atoms with E-state index in [0.717, 1.165) is 17.9 Å². The molecule has 1 aromatic heterocycles. The summed E-state index contributed by atoms with van der Waals surface area (Å²) in [6.07, 6.45) is 5.15. The first-order valence-corrected chi connectivity index (χ1v) is 7.66. The molecule has 106 valence electrons. The minimum Gasteiger partial charge on any atom is -0.308 e. The highest BCUT2D eigenvalue weighted by atomic mass is 15.1. The molecule has 1 atom stereocenters. The summed E-state index contributed by atoms with van der Waals surface area (Å²) in [5.41, 5.74) is 2.27. The molecule has 0 aromatic carbocycles. The van der Waals surface area contributed by atoms with Crippen molar-refractivity contribution in [3.63, 3.8) is 0 Å². The third-order valence-electron chi connectivity index (χ3n) is 3.88. The molecule has 1 aliphatic heterocycles. The second-order valence-corrected chi connectivity index (χ2v) is 5.62. The quantitative estimate of drug-likeness (QED) is 0.883. The van der Waals surface area contributed by atoms with E-state index in [9.17, 15) is 0 Å². The van der Waals surface area contributed by atoms with Crippen molar-refractivity contribution in [2.75, 3.05) is 19.6 Å². The lowest BCUT2D eigenvalue weighted by Crippen LogP contribution is -2.31. The number of rotatable bonds is 5. The van der Waals surface area contributed by atoms with E-state index in [1.807, 2.05) is 0 Å². The third kappa shape index (κ3) is 4.92.